The van der Waals surface area contributed by atoms with Gasteiger partial charge in [0.15, 0.2) is 0 Å². The second-order valence-electron chi connectivity index (χ2n) is 3.65. The second kappa shape index (κ2) is 6.51. The number of nitrogens with one attached hydrogen (secondary N) is 3. The predicted molar refractivity (Wildman–Crippen MR) is 61.6 cm³/mol. The van der Waals surface area contributed by atoms with Crippen LogP contribution >= 0.6 is 0 Å². The fourth-order valence-corrected chi connectivity index (χ4v) is 1.37. The summed E-state index contributed by atoms with van der Waals surface area (Å²) < 4.78 is 0. The minimum atomic E-state index is -0.893. The smallest absolute Gasteiger partial charge is 0.319 e. The molecule has 1 unspecified atom stereocenters. The van der Waals surface area contributed by atoms with E-state index in [2.05, 4.69) is 20.8 Å². The number of carboxylic acids is 1. The van der Waals surface area contributed by atoms with Gasteiger partial charge in [0, 0.05) is 12.7 Å². The van der Waals surface area contributed by atoms with Gasteiger partial charge in [0.25, 0.3) is 0 Å². The van der Waals surface area contributed by atoms with E-state index in [1.807, 2.05) is 6.92 Å². The number of hydrogen-bond acceptors (Lipinski definition) is 3. The molecule has 0 spiro atoms. The van der Waals surface area contributed by atoms with Crippen LogP contribution in [0.25, 0.3) is 0 Å². The first-order chi connectivity index (χ1) is 8.13. The molecule has 0 saturated heterocycles. The fourth-order valence-electron chi connectivity index (χ4n) is 1.37. The van der Waals surface area contributed by atoms with E-state index in [0.29, 0.717) is 12.1 Å². The second-order valence-corrected chi connectivity index (χ2v) is 3.65. The van der Waals surface area contributed by atoms with Gasteiger partial charge in [0.05, 0.1) is 17.8 Å². The molecule has 1 aromatic rings. The molecule has 1 heterocycles. The average Bonchev–Trinajstić information content (AvgIpc) is 2.76. The maximum atomic E-state index is 11.4. The number of amides is 2. The van der Waals surface area contributed by atoms with Crippen LogP contribution in [-0.2, 0) is 4.79 Å². The van der Waals surface area contributed by atoms with Crippen molar-refractivity contribution >= 4 is 17.7 Å². The number of H-pyrrole nitrogens is 1. The van der Waals surface area contributed by atoms with Crippen molar-refractivity contribution in [1.29, 1.82) is 0 Å². The zero-order valence-corrected chi connectivity index (χ0v) is 9.56. The average molecular weight is 240 g/mol. The number of anilines is 1. The summed E-state index contributed by atoms with van der Waals surface area (Å²) in [5, 5.41) is 20.1. The topological polar surface area (TPSA) is 107 Å². The Hall–Kier alpha value is -2.05. The van der Waals surface area contributed by atoms with Crippen molar-refractivity contribution in [3.8, 4) is 0 Å². The Morgan fingerprint density at radius 3 is 2.88 bits per heavy atom. The van der Waals surface area contributed by atoms with Gasteiger partial charge in [-0.3, -0.25) is 9.89 Å². The van der Waals surface area contributed by atoms with Gasteiger partial charge in [-0.1, -0.05) is 13.3 Å². The lowest BCUT2D eigenvalue weighted by atomic mass is 10.0. The molecule has 7 nitrogen and oxygen atoms in total. The summed E-state index contributed by atoms with van der Waals surface area (Å²) in [5.41, 5.74) is 0.532. The highest BCUT2D eigenvalue weighted by molar-refractivity contribution is 5.89. The van der Waals surface area contributed by atoms with Crippen molar-refractivity contribution < 1.29 is 14.7 Å². The molecule has 0 aromatic carbocycles. The van der Waals surface area contributed by atoms with E-state index < -0.39 is 17.9 Å². The molecular weight excluding hydrogens is 224 g/mol. The molecule has 0 bridgehead atoms. The highest BCUT2D eigenvalue weighted by atomic mass is 16.4. The summed E-state index contributed by atoms with van der Waals surface area (Å²) in [6.07, 6.45) is 4.30. The molecule has 0 aliphatic carbocycles. The Bertz CT molecular complexity index is 364. The van der Waals surface area contributed by atoms with Gasteiger partial charge in [-0.25, -0.2) is 4.79 Å². The summed E-state index contributed by atoms with van der Waals surface area (Å²) in [5.74, 6) is -1.44. The molecule has 94 valence electrons. The van der Waals surface area contributed by atoms with E-state index in [-0.39, 0.29) is 6.54 Å². The monoisotopic (exact) mass is 240 g/mol. The first kappa shape index (κ1) is 13.0. The van der Waals surface area contributed by atoms with Gasteiger partial charge in [0.1, 0.15) is 0 Å². The zero-order chi connectivity index (χ0) is 12.7. The van der Waals surface area contributed by atoms with Crippen LogP contribution in [-0.4, -0.2) is 33.8 Å². The number of aliphatic carboxylic acids is 1. The molecule has 0 fully saturated rings. The van der Waals surface area contributed by atoms with Crippen LogP contribution in [0.4, 0.5) is 10.5 Å². The SMILES string of the molecule is CCCC(CNC(=O)Nc1cn[nH]c1)C(=O)O. The third kappa shape index (κ3) is 4.54. The Balaban J connectivity index is 2.33. The predicted octanol–water partition coefficient (Wildman–Crippen LogP) is 1.03. The van der Waals surface area contributed by atoms with Gasteiger partial charge >= 0.3 is 12.0 Å². The molecule has 2 amide bonds. The van der Waals surface area contributed by atoms with Gasteiger partial charge in [-0.05, 0) is 6.42 Å². The van der Waals surface area contributed by atoms with Crippen molar-refractivity contribution in [2.45, 2.75) is 19.8 Å². The molecule has 0 aliphatic rings. The van der Waals surface area contributed by atoms with E-state index in [1.54, 1.807) is 0 Å². The third-order valence-corrected chi connectivity index (χ3v) is 2.25. The number of hydrogen-bond donors (Lipinski definition) is 4. The molecule has 7 heteroatoms. The first-order valence-corrected chi connectivity index (χ1v) is 5.40. The molecule has 17 heavy (non-hydrogen) atoms. The lowest BCUT2D eigenvalue weighted by Crippen LogP contribution is -2.35. The van der Waals surface area contributed by atoms with Crippen molar-refractivity contribution in [2.24, 2.45) is 5.92 Å². The van der Waals surface area contributed by atoms with Crippen molar-refractivity contribution in [3.63, 3.8) is 0 Å². The maximum absolute atomic E-state index is 11.4. The van der Waals surface area contributed by atoms with Crippen LogP contribution in [0, 0.1) is 5.92 Å². The van der Waals surface area contributed by atoms with E-state index in [1.165, 1.54) is 12.4 Å². The van der Waals surface area contributed by atoms with E-state index in [9.17, 15) is 9.59 Å². The Kier molecular flexibility index (Phi) is 4.99. The van der Waals surface area contributed by atoms with Crippen LogP contribution in [0.5, 0.6) is 0 Å². The van der Waals surface area contributed by atoms with Crippen molar-refractivity contribution in [2.75, 3.05) is 11.9 Å². The lowest BCUT2D eigenvalue weighted by molar-refractivity contribution is -0.141. The maximum Gasteiger partial charge on any atom is 0.319 e. The number of urea groups is 1. The number of carbonyl (C=O) groups excluding carboxylic acids is 1. The minimum absolute atomic E-state index is 0.118. The quantitative estimate of drug-likeness (QED) is 0.595. The molecular formula is C10H16N4O3. The van der Waals surface area contributed by atoms with E-state index >= 15 is 0 Å². The van der Waals surface area contributed by atoms with E-state index in [4.69, 9.17) is 5.11 Å². The lowest BCUT2D eigenvalue weighted by Gasteiger charge is -2.12. The summed E-state index contributed by atoms with van der Waals surface area (Å²) in [6.45, 7) is 2.02. The molecule has 4 N–H and O–H groups in total. The van der Waals surface area contributed by atoms with Crippen molar-refractivity contribution in [3.05, 3.63) is 12.4 Å². The molecule has 1 rings (SSSR count). The first-order valence-electron chi connectivity index (χ1n) is 5.40. The van der Waals surface area contributed by atoms with Crippen LogP contribution < -0.4 is 10.6 Å². The highest BCUT2D eigenvalue weighted by Gasteiger charge is 2.17. The Morgan fingerprint density at radius 1 is 1.59 bits per heavy atom. The number of carbonyl (C=O) groups is 2. The van der Waals surface area contributed by atoms with Gasteiger partial charge in [-0.2, -0.15) is 5.10 Å². The summed E-state index contributed by atoms with van der Waals surface area (Å²) in [7, 11) is 0. The number of aromatic amines is 1. The van der Waals surface area contributed by atoms with Crippen molar-refractivity contribution in [1.82, 2.24) is 15.5 Å². The summed E-state index contributed by atoms with van der Waals surface area (Å²) >= 11 is 0. The summed E-state index contributed by atoms with van der Waals surface area (Å²) in [6, 6.07) is -0.436. The van der Waals surface area contributed by atoms with Gasteiger partial charge in [0.2, 0.25) is 0 Å². The third-order valence-electron chi connectivity index (χ3n) is 2.25. The van der Waals surface area contributed by atoms with Crippen LogP contribution in [0.2, 0.25) is 0 Å². The molecule has 1 aromatic heterocycles. The standard InChI is InChI=1S/C10H16N4O3/c1-2-3-7(9(15)16)4-11-10(17)14-8-5-12-13-6-8/h5-7H,2-4H2,1H3,(H,12,13)(H,15,16)(H2,11,14,17). The molecule has 0 radical (unpaired) electrons. The number of carboxylic acid groups (broad SMARTS) is 1. The van der Waals surface area contributed by atoms with E-state index in [0.717, 1.165) is 6.42 Å². The number of aromatic nitrogens is 2. The number of rotatable bonds is 6. The fraction of sp³-hybridized carbons (Fsp3) is 0.500. The Labute approximate surface area is 98.6 Å². The normalized spacial score (nSPS) is 11.8. The van der Waals surface area contributed by atoms with Crippen LogP contribution in [0.15, 0.2) is 12.4 Å². The molecule has 1 atom stereocenters. The van der Waals surface area contributed by atoms with Gasteiger partial charge < -0.3 is 15.7 Å². The largest absolute Gasteiger partial charge is 0.481 e. The highest BCUT2D eigenvalue weighted by Crippen LogP contribution is 2.05. The van der Waals surface area contributed by atoms with Gasteiger partial charge in [-0.15, -0.1) is 0 Å². The molecule has 0 aliphatic heterocycles. The summed E-state index contributed by atoms with van der Waals surface area (Å²) in [4.78, 5) is 22.2. The zero-order valence-electron chi connectivity index (χ0n) is 9.56. The number of nitrogens with zero attached hydrogens (tertiary/aromatic N) is 1. The Morgan fingerprint density at radius 2 is 2.35 bits per heavy atom. The minimum Gasteiger partial charge on any atom is -0.481 e. The molecule has 0 saturated carbocycles. The van der Waals surface area contributed by atoms with Crippen LogP contribution in [0.1, 0.15) is 19.8 Å². The van der Waals surface area contributed by atoms with Crippen LogP contribution in [0.3, 0.4) is 0 Å².